The SMILES string of the molecule is O=C(O)COc1ccc(NC2CC(=O)NC3CCC(C(c4ccc(Cl)cc4)c4ccc(Cl)cc4)CC32)cc1. The van der Waals surface area contributed by atoms with Crippen molar-refractivity contribution in [1.82, 2.24) is 5.32 Å². The predicted molar refractivity (Wildman–Crippen MR) is 149 cm³/mol. The van der Waals surface area contributed by atoms with E-state index in [4.69, 9.17) is 33.0 Å². The van der Waals surface area contributed by atoms with Gasteiger partial charge in [-0.15, -0.1) is 0 Å². The number of aliphatic carboxylic acids is 1. The van der Waals surface area contributed by atoms with Gasteiger partial charge in [-0.25, -0.2) is 4.79 Å². The van der Waals surface area contributed by atoms with E-state index < -0.39 is 5.97 Å². The molecule has 0 spiro atoms. The fourth-order valence-corrected chi connectivity index (χ4v) is 6.28. The summed E-state index contributed by atoms with van der Waals surface area (Å²) in [6.45, 7) is -0.386. The molecule has 0 aromatic heterocycles. The first kappa shape index (κ1) is 26.4. The van der Waals surface area contributed by atoms with Crippen LogP contribution in [0.25, 0.3) is 0 Å². The minimum Gasteiger partial charge on any atom is -0.482 e. The number of carbonyl (C=O) groups excluding carboxylic acids is 1. The maximum absolute atomic E-state index is 12.6. The first-order valence-electron chi connectivity index (χ1n) is 12.9. The lowest BCUT2D eigenvalue weighted by molar-refractivity contribution is -0.139. The molecule has 3 aromatic carbocycles. The highest BCUT2D eigenvalue weighted by atomic mass is 35.5. The van der Waals surface area contributed by atoms with Gasteiger partial charge in [-0.2, -0.15) is 0 Å². The van der Waals surface area contributed by atoms with Crippen molar-refractivity contribution in [3.63, 3.8) is 0 Å². The molecular formula is C30H30Cl2N2O4. The van der Waals surface area contributed by atoms with Gasteiger partial charge >= 0.3 is 5.97 Å². The van der Waals surface area contributed by atoms with Crippen molar-refractivity contribution in [2.24, 2.45) is 11.8 Å². The summed E-state index contributed by atoms with van der Waals surface area (Å²) in [5, 5.41) is 17.1. The van der Waals surface area contributed by atoms with Crippen LogP contribution in [0.3, 0.4) is 0 Å². The van der Waals surface area contributed by atoms with E-state index in [0.29, 0.717) is 28.1 Å². The molecule has 0 radical (unpaired) electrons. The zero-order valence-electron chi connectivity index (χ0n) is 20.8. The first-order chi connectivity index (χ1) is 18.4. The van der Waals surface area contributed by atoms with Gasteiger partial charge in [0.05, 0.1) is 0 Å². The van der Waals surface area contributed by atoms with Crippen LogP contribution in [0.2, 0.25) is 10.0 Å². The minimum absolute atomic E-state index is 0.0153. The number of ether oxygens (including phenoxy) is 1. The molecule has 1 saturated heterocycles. The largest absolute Gasteiger partial charge is 0.482 e. The first-order valence-corrected chi connectivity index (χ1v) is 13.6. The van der Waals surface area contributed by atoms with Crippen LogP contribution in [0.4, 0.5) is 5.69 Å². The number of hydrogen-bond donors (Lipinski definition) is 3. The number of fused-ring (bicyclic) bond motifs is 1. The summed E-state index contributed by atoms with van der Waals surface area (Å²) in [6.07, 6.45) is 3.27. The fourth-order valence-electron chi connectivity index (χ4n) is 6.02. The summed E-state index contributed by atoms with van der Waals surface area (Å²) < 4.78 is 5.25. The maximum atomic E-state index is 12.6. The monoisotopic (exact) mass is 552 g/mol. The number of amides is 1. The molecule has 38 heavy (non-hydrogen) atoms. The summed E-state index contributed by atoms with van der Waals surface area (Å²) in [7, 11) is 0. The fraction of sp³-hybridized carbons (Fsp3) is 0.333. The van der Waals surface area contributed by atoms with Gasteiger partial charge < -0.3 is 20.5 Å². The molecule has 3 aromatic rings. The molecule has 1 aliphatic heterocycles. The van der Waals surface area contributed by atoms with E-state index >= 15 is 0 Å². The molecule has 3 N–H and O–H groups in total. The lowest BCUT2D eigenvalue weighted by Crippen LogP contribution is -2.56. The Morgan fingerprint density at radius 2 is 1.55 bits per heavy atom. The average molecular weight is 553 g/mol. The van der Waals surface area contributed by atoms with E-state index in [1.165, 1.54) is 11.1 Å². The summed E-state index contributed by atoms with van der Waals surface area (Å²) in [6, 6.07) is 23.5. The van der Waals surface area contributed by atoms with Crippen molar-refractivity contribution in [1.29, 1.82) is 0 Å². The molecule has 8 heteroatoms. The summed E-state index contributed by atoms with van der Waals surface area (Å²) in [5.41, 5.74) is 3.32. The second kappa shape index (κ2) is 11.7. The molecule has 4 unspecified atom stereocenters. The van der Waals surface area contributed by atoms with Gasteiger partial charge in [0, 0.05) is 46.1 Å². The number of rotatable bonds is 8. The van der Waals surface area contributed by atoms with E-state index in [9.17, 15) is 9.59 Å². The summed E-state index contributed by atoms with van der Waals surface area (Å²) in [5.74, 6) is 0.365. The number of piperidine rings is 1. The van der Waals surface area contributed by atoms with Gasteiger partial charge in [0.25, 0.3) is 0 Å². The minimum atomic E-state index is -1.02. The number of hydrogen-bond acceptors (Lipinski definition) is 4. The zero-order valence-corrected chi connectivity index (χ0v) is 22.3. The Balaban J connectivity index is 1.37. The Morgan fingerprint density at radius 3 is 2.13 bits per heavy atom. The highest BCUT2D eigenvalue weighted by Crippen LogP contribution is 2.45. The molecular weight excluding hydrogens is 523 g/mol. The molecule has 1 heterocycles. The topological polar surface area (TPSA) is 87.7 Å². The molecule has 5 rings (SSSR count). The van der Waals surface area contributed by atoms with Crippen molar-refractivity contribution in [3.8, 4) is 5.75 Å². The summed E-state index contributed by atoms with van der Waals surface area (Å²) in [4.78, 5) is 23.4. The molecule has 1 amide bonds. The number of carboxylic acids is 1. The van der Waals surface area contributed by atoms with Crippen LogP contribution in [0.5, 0.6) is 5.75 Å². The van der Waals surface area contributed by atoms with Crippen molar-refractivity contribution in [3.05, 3.63) is 94.0 Å². The van der Waals surface area contributed by atoms with Gasteiger partial charge in [0.15, 0.2) is 6.61 Å². The number of benzene rings is 3. The Bertz CT molecular complexity index is 1220. The molecule has 1 aliphatic carbocycles. The number of carbonyl (C=O) groups is 2. The van der Waals surface area contributed by atoms with E-state index in [1.54, 1.807) is 12.1 Å². The number of nitrogens with one attached hydrogen (secondary N) is 2. The summed E-state index contributed by atoms with van der Waals surface area (Å²) >= 11 is 12.4. The van der Waals surface area contributed by atoms with Crippen LogP contribution in [-0.2, 0) is 9.59 Å². The molecule has 4 atom stereocenters. The van der Waals surface area contributed by atoms with Gasteiger partial charge in [0.2, 0.25) is 5.91 Å². The second-order valence-electron chi connectivity index (χ2n) is 10.2. The van der Waals surface area contributed by atoms with Crippen LogP contribution < -0.4 is 15.4 Å². The van der Waals surface area contributed by atoms with Gasteiger partial charge in [-0.05, 0) is 84.8 Å². The van der Waals surface area contributed by atoms with Crippen LogP contribution >= 0.6 is 23.2 Å². The van der Waals surface area contributed by atoms with Crippen LogP contribution in [0.1, 0.15) is 42.7 Å². The van der Waals surface area contributed by atoms with Crippen LogP contribution in [0, 0.1) is 11.8 Å². The predicted octanol–water partition coefficient (Wildman–Crippen LogP) is 6.37. The smallest absolute Gasteiger partial charge is 0.341 e. The van der Waals surface area contributed by atoms with Gasteiger partial charge in [0.1, 0.15) is 5.75 Å². The average Bonchev–Trinajstić information content (AvgIpc) is 2.91. The number of carboxylic acid groups (broad SMARTS) is 1. The highest BCUT2D eigenvalue weighted by molar-refractivity contribution is 6.30. The van der Waals surface area contributed by atoms with Crippen molar-refractivity contribution in [2.45, 2.75) is 43.7 Å². The highest BCUT2D eigenvalue weighted by Gasteiger charge is 2.43. The molecule has 2 fully saturated rings. The molecule has 0 bridgehead atoms. The number of halogens is 2. The Hall–Kier alpha value is -3.22. The third-order valence-electron chi connectivity index (χ3n) is 7.71. The van der Waals surface area contributed by atoms with Crippen LogP contribution in [-0.4, -0.2) is 35.7 Å². The quantitative estimate of drug-likeness (QED) is 0.302. The second-order valence-corrected chi connectivity index (χ2v) is 11.0. The Labute approximate surface area is 232 Å². The van der Waals surface area contributed by atoms with E-state index in [0.717, 1.165) is 24.9 Å². The Morgan fingerprint density at radius 1 is 0.947 bits per heavy atom. The van der Waals surface area contributed by atoms with Crippen molar-refractivity contribution >= 4 is 40.8 Å². The third kappa shape index (κ3) is 6.25. The number of anilines is 1. The normalized spacial score (nSPS) is 22.9. The van der Waals surface area contributed by atoms with Crippen molar-refractivity contribution in [2.75, 3.05) is 11.9 Å². The Kier molecular flexibility index (Phi) is 8.10. The maximum Gasteiger partial charge on any atom is 0.341 e. The molecule has 198 valence electrons. The van der Waals surface area contributed by atoms with Gasteiger partial charge in [-0.3, -0.25) is 4.79 Å². The van der Waals surface area contributed by atoms with E-state index in [-0.39, 0.29) is 36.4 Å². The molecule has 2 aliphatic rings. The van der Waals surface area contributed by atoms with Gasteiger partial charge in [-0.1, -0.05) is 47.5 Å². The van der Waals surface area contributed by atoms with Crippen molar-refractivity contribution < 1.29 is 19.4 Å². The molecule has 6 nitrogen and oxygen atoms in total. The lowest BCUT2D eigenvalue weighted by Gasteiger charge is -2.46. The van der Waals surface area contributed by atoms with E-state index in [2.05, 4.69) is 34.9 Å². The van der Waals surface area contributed by atoms with Crippen LogP contribution in [0.15, 0.2) is 72.8 Å². The molecule has 1 saturated carbocycles. The third-order valence-corrected chi connectivity index (χ3v) is 8.21. The standard InChI is InChI=1S/C30H30Cl2N2O4/c31-21-6-1-18(2-7-21)30(19-3-8-22(32)9-4-19)20-5-14-26-25(15-20)27(16-28(35)34-26)33-23-10-12-24(13-11-23)38-17-29(36)37/h1-4,6-13,20,25-27,30,33H,5,14-17H2,(H,34,35)(H,36,37). The zero-order chi connectivity index (χ0) is 26.6. The van der Waals surface area contributed by atoms with E-state index in [1.807, 2.05) is 36.4 Å². The lowest BCUT2D eigenvalue weighted by atomic mass is 9.65.